The van der Waals surface area contributed by atoms with E-state index in [1.54, 1.807) is 25.3 Å². The number of anilines is 1. The fourth-order valence-electron chi connectivity index (χ4n) is 1.35. The molecule has 5 nitrogen and oxygen atoms in total. The molecule has 0 spiro atoms. The first-order valence-corrected chi connectivity index (χ1v) is 4.98. The molecule has 0 fully saturated rings. The Morgan fingerprint density at radius 1 is 1.53 bits per heavy atom. The van der Waals surface area contributed by atoms with Crippen LogP contribution in [0, 0.1) is 0 Å². The van der Waals surface area contributed by atoms with Crippen LogP contribution in [-0.4, -0.2) is 30.1 Å². The van der Waals surface area contributed by atoms with Crippen molar-refractivity contribution in [1.82, 2.24) is 10.3 Å². The van der Waals surface area contributed by atoms with E-state index in [1.165, 1.54) is 0 Å². The number of methoxy groups -OCH3 is 1. The third-order valence-corrected chi connectivity index (χ3v) is 1.96. The van der Waals surface area contributed by atoms with Gasteiger partial charge in [-0.2, -0.15) is 0 Å². The van der Waals surface area contributed by atoms with Crippen molar-refractivity contribution < 1.29 is 9.53 Å². The van der Waals surface area contributed by atoms with E-state index in [4.69, 9.17) is 10.5 Å². The summed E-state index contributed by atoms with van der Waals surface area (Å²) < 4.78 is 5.01. The normalized spacial score (nSPS) is 10.5. The zero-order chi connectivity index (χ0) is 12.2. The highest BCUT2D eigenvalue weighted by molar-refractivity contribution is 5.93. The molecule has 1 aromatic heterocycles. The summed E-state index contributed by atoms with van der Waals surface area (Å²) in [4.78, 5) is 15.7. The van der Waals surface area contributed by atoms with Crippen molar-refractivity contribution in [3.05, 3.63) is 23.9 Å². The summed E-state index contributed by atoms with van der Waals surface area (Å²) in [7, 11) is 1.59. The predicted octanol–water partition coefficient (Wildman–Crippen LogP) is 1.24. The Balaban J connectivity index is 0.00000256. The minimum atomic E-state index is -0.432. The van der Waals surface area contributed by atoms with Gasteiger partial charge >= 0.3 is 0 Å². The molecule has 0 radical (unpaired) electrons. The van der Waals surface area contributed by atoms with Crippen LogP contribution in [0.4, 0.5) is 5.82 Å². The first-order valence-electron chi connectivity index (χ1n) is 4.98. The van der Waals surface area contributed by atoms with Crippen LogP contribution in [0.1, 0.15) is 24.3 Å². The number of nitrogens with zero attached hydrogens (tertiary/aromatic N) is 1. The smallest absolute Gasteiger partial charge is 0.270 e. The lowest BCUT2D eigenvalue weighted by atomic mass is 10.1. The highest BCUT2D eigenvalue weighted by Gasteiger charge is 2.21. The monoisotopic (exact) mass is 259 g/mol. The van der Waals surface area contributed by atoms with Gasteiger partial charge in [0.15, 0.2) is 0 Å². The number of nitrogens with one attached hydrogen (secondary N) is 1. The van der Waals surface area contributed by atoms with E-state index in [0.717, 1.165) is 0 Å². The molecule has 0 unspecified atom stereocenters. The van der Waals surface area contributed by atoms with Gasteiger partial charge in [0, 0.05) is 7.11 Å². The van der Waals surface area contributed by atoms with Gasteiger partial charge in [0.25, 0.3) is 5.91 Å². The Kier molecular flexibility index (Phi) is 5.91. The van der Waals surface area contributed by atoms with E-state index in [1.807, 2.05) is 13.8 Å². The average molecular weight is 260 g/mol. The van der Waals surface area contributed by atoms with Crippen molar-refractivity contribution in [1.29, 1.82) is 0 Å². The van der Waals surface area contributed by atoms with Gasteiger partial charge in [0.1, 0.15) is 11.5 Å². The van der Waals surface area contributed by atoms with Crippen molar-refractivity contribution in [3.63, 3.8) is 0 Å². The van der Waals surface area contributed by atoms with Crippen molar-refractivity contribution in [2.24, 2.45) is 0 Å². The van der Waals surface area contributed by atoms with Crippen molar-refractivity contribution in [3.8, 4) is 0 Å². The van der Waals surface area contributed by atoms with Crippen LogP contribution >= 0.6 is 12.4 Å². The first kappa shape index (κ1) is 15.7. The summed E-state index contributed by atoms with van der Waals surface area (Å²) in [6.45, 7) is 4.18. The maximum absolute atomic E-state index is 11.8. The Morgan fingerprint density at radius 2 is 2.18 bits per heavy atom. The molecule has 0 atom stereocenters. The fraction of sp³-hybridized carbons (Fsp3) is 0.455. The molecule has 0 aromatic carbocycles. The molecule has 1 heterocycles. The lowest BCUT2D eigenvalue weighted by Crippen LogP contribution is -2.47. The number of nitrogens with two attached hydrogens (primary N) is 1. The zero-order valence-corrected chi connectivity index (χ0v) is 11.0. The number of halogens is 1. The van der Waals surface area contributed by atoms with Gasteiger partial charge in [-0.1, -0.05) is 6.07 Å². The van der Waals surface area contributed by atoms with Gasteiger partial charge in [-0.3, -0.25) is 4.79 Å². The Labute approximate surface area is 107 Å². The summed E-state index contributed by atoms with van der Waals surface area (Å²) >= 11 is 0. The van der Waals surface area contributed by atoms with E-state index in [2.05, 4.69) is 10.3 Å². The predicted molar refractivity (Wildman–Crippen MR) is 69.3 cm³/mol. The average Bonchev–Trinajstić information content (AvgIpc) is 2.16. The molecule has 0 aliphatic carbocycles. The molecule has 96 valence electrons. The number of carbonyl (C=O) groups excluding carboxylic acids is 1. The van der Waals surface area contributed by atoms with Crippen LogP contribution < -0.4 is 11.1 Å². The van der Waals surface area contributed by atoms with Gasteiger partial charge in [0.05, 0.1) is 12.1 Å². The van der Waals surface area contributed by atoms with Crippen molar-refractivity contribution in [2.75, 3.05) is 19.5 Å². The molecule has 6 heteroatoms. The number of ether oxygens (including phenoxy) is 1. The number of hydrogen-bond donors (Lipinski definition) is 2. The third-order valence-electron chi connectivity index (χ3n) is 1.96. The van der Waals surface area contributed by atoms with Crippen LogP contribution in [-0.2, 0) is 4.74 Å². The molecule has 1 amide bonds. The summed E-state index contributed by atoms with van der Waals surface area (Å²) in [5.74, 6) is 0.0755. The minimum Gasteiger partial charge on any atom is -0.384 e. The second-order valence-corrected chi connectivity index (χ2v) is 4.22. The number of carbonyl (C=O) groups is 1. The molecule has 3 N–H and O–H groups in total. The van der Waals surface area contributed by atoms with Gasteiger partial charge in [-0.05, 0) is 26.0 Å². The molecule has 0 aliphatic heterocycles. The molecule has 1 rings (SSSR count). The van der Waals surface area contributed by atoms with E-state index < -0.39 is 5.54 Å². The fourth-order valence-corrected chi connectivity index (χ4v) is 1.35. The molecule has 0 saturated carbocycles. The van der Waals surface area contributed by atoms with E-state index in [9.17, 15) is 4.79 Å². The number of pyridine rings is 1. The Bertz CT molecular complexity index is 383. The molecule has 0 saturated heterocycles. The van der Waals surface area contributed by atoms with Crippen LogP contribution in [0.25, 0.3) is 0 Å². The molecule has 17 heavy (non-hydrogen) atoms. The second-order valence-electron chi connectivity index (χ2n) is 4.22. The van der Waals surface area contributed by atoms with Crippen LogP contribution in [0.15, 0.2) is 18.2 Å². The lowest BCUT2D eigenvalue weighted by Gasteiger charge is -2.24. The molecule has 0 aliphatic rings. The lowest BCUT2D eigenvalue weighted by molar-refractivity contribution is 0.0815. The summed E-state index contributed by atoms with van der Waals surface area (Å²) in [5.41, 5.74) is 5.38. The number of aromatic nitrogens is 1. The number of hydrogen-bond acceptors (Lipinski definition) is 4. The van der Waals surface area contributed by atoms with Crippen molar-refractivity contribution >= 4 is 24.1 Å². The number of amides is 1. The molecular weight excluding hydrogens is 242 g/mol. The maximum atomic E-state index is 11.8. The zero-order valence-electron chi connectivity index (χ0n) is 10.2. The quantitative estimate of drug-likeness (QED) is 0.853. The summed E-state index contributed by atoms with van der Waals surface area (Å²) in [5, 5.41) is 2.82. The van der Waals surface area contributed by atoms with E-state index in [-0.39, 0.29) is 18.3 Å². The van der Waals surface area contributed by atoms with Crippen LogP contribution in [0.5, 0.6) is 0 Å². The summed E-state index contributed by atoms with van der Waals surface area (Å²) in [6, 6.07) is 4.95. The van der Waals surface area contributed by atoms with Crippen molar-refractivity contribution in [2.45, 2.75) is 19.4 Å². The second kappa shape index (κ2) is 6.42. The molecule has 0 bridgehead atoms. The number of rotatable bonds is 4. The minimum absolute atomic E-state index is 0. The Hall–Kier alpha value is -1.33. The van der Waals surface area contributed by atoms with Crippen LogP contribution in [0.3, 0.4) is 0 Å². The maximum Gasteiger partial charge on any atom is 0.270 e. The van der Waals surface area contributed by atoms with Gasteiger partial charge in [-0.15, -0.1) is 12.4 Å². The topological polar surface area (TPSA) is 77.2 Å². The summed E-state index contributed by atoms with van der Waals surface area (Å²) in [6.07, 6.45) is 0. The third kappa shape index (κ3) is 5.01. The van der Waals surface area contributed by atoms with Gasteiger partial charge in [0.2, 0.25) is 0 Å². The standard InChI is InChI=1S/C11H17N3O2.ClH/c1-11(2,7-16-3)14-10(15)8-5-4-6-9(12)13-8;/h4-6H,7H2,1-3H3,(H2,12,13)(H,14,15);1H. The number of nitrogen functional groups attached to an aromatic ring is 1. The molecular formula is C11H18ClN3O2. The van der Waals surface area contributed by atoms with Crippen LogP contribution in [0.2, 0.25) is 0 Å². The van der Waals surface area contributed by atoms with Gasteiger partial charge < -0.3 is 15.8 Å². The largest absolute Gasteiger partial charge is 0.384 e. The van der Waals surface area contributed by atoms with Gasteiger partial charge in [-0.25, -0.2) is 4.98 Å². The highest BCUT2D eigenvalue weighted by Crippen LogP contribution is 2.06. The van der Waals surface area contributed by atoms with E-state index in [0.29, 0.717) is 18.1 Å². The first-order chi connectivity index (χ1) is 7.44. The SMILES string of the molecule is COCC(C)(C)NC(=O)c1cccc(N)n1.Cl. The highest BCUT2D eigenvalue weighted by atomic mass is 35.5. The Morgan fingerprint density at radius 3 is 2.71 bits per heavy atom. The van der Waals surface area contributed by atoms with E-state index >= 15 is 0 Å². The molecule has 1 aromatic rings.